The van der Waals surface area contributed by atoms with Crippen molar-refractivity contribution in [2.45, 2.75) is 45.3 Å². The maximum absolute atomic E-state index is 12.8. The van der Waals surface area contributed by atoms with E-state index in [4.69, 9.17) is 0 Å². The van der Waals surface area contributed by atoms with Gasteiger partial charge in [-0.15, -0.1) is 0 Å². The molecule has 0 saturated carbocycles. The van der Waals surface area contributed by atoms with Crippen molar-refractivity contribution in [3.63, 3.8) is 0 Å². The highest BCUT2D eigenvalue weighted by atomic mass is 16.3. The quantitative estimate of drug-likeness (QED) is 0.789. The Balaban J connectivity index is 1.54. The number of pyridine rings is 1. The molecule has 2 aromatic rings. The Hall–Kier alpha value is -2.24. The molecule has 3 rings (SSSR count). The third kappa shape index (κ3) is 5.15. The number of rotatable bonds is 7. The lowest BCUT2D eigenvalue weighted by molar-refractivity contribution is -0.156. The van der Waals surface area contributed by atoms with Crippen molar-refractivity contribution in [2.24, 2.45) is 0 Å². The van der Waals surface area contributed by atoms with Crippen molar-refractivity contribution >= 4 is 5.91 Å². The molecule has 1 aromatic heterocycles. The highest BCUT2D eigenvalue weighted by molar-refractivity contribution is 5.86. The van der Waals surface area contributed by atoms with Gasteiger partial charge in [0.2, 0.25) is 0 Å². The molecular weight excluding hydrogens is 338 g/mol. The first-order valence-electron chi connectivity index (χ1n) is 9.67. The van der Waals surface area contributed by atoms with Crippen LogP contribution in [0.3, 0.4) is 0 Å². The van der Waals surface area contributed by atoms with Gasteiger partial charge in [-0.3, -0.25) is 9.78 Å². The molecular formula is C22H29N3O2. The third-order valence-electron chi connectivity index (χ3n) is 5.10. The van der Waals surface area contributed by atoms with Crippen LogP contribution in [0.5, 0.6) is 0 Å². The van der Waals surface area contributed by atoms with E-state index in [0.717, 1.165) is 36.3 Å². The van der Waals surface area contributed by atoms with Crippen LogP contribution in [0.4, 0.5) is 0 Å². The molecule has 2 heterocycles. The van der Waals surface area contributed by atoms with Gasteiger partial charge in [0.05, 0.1) is 0 Å². The number of aryl methyl sites for hydroxylation is 2. The third-order valence-corrected chi connectivity index (χ3v) is 5.10. The molecule has 1 aliphatic heterocycles. The predicted octanol–water partition coefficient (Wildman–Crippen LogP) is 2.38. The van der Waals surface area contributed by atoms with E-state index in [-0.39, 0.29) is 12.5 Å². The van der Waals surface area contributed by atoms with Crippen LogP contribution in [-0.2, 0) is 17.8 Å². The number of aromatic nitrogens is 1. The van der Waals surface area contributed by atoms with Gasteiger partial charge in [-0.25, -0.2) is 0 Å². The summed E-state index contributed by atoms with van der Waals surface area (Å²) in [5.74, 6) is -0.153. The predicted molar refractivity (Wildman–Crippen MR) is 106 cm³/mol. The van der Waals surface area contributed by atoms with Gasteiger partial charge in [-0.1, -0.05) is 30.3 Å². The summed E-state index contributed by atoms with van der Waals surface area (Å²) in [6.07, 6.45) is 2.15. The summed E-state index contributed by atoms with van der Waals surface area (Å²) in [4.78, 5) is 19.0. The fourth-order valence-electron chi connectivity index (χ4n) is 3.79. The Morgan fingerprint density at radius 3 is 2.56 bits per heavy atom. The summed E-state index contributed by atoms with van der Waals surface area (Å²) in [5.41, 5.74) is 2.97. The van der Waals surface area contributed by atoms with Crippen molar-refractivity contribution in [1.29, 1.82) is 0 Å². The Kier molecular flexibility index (Phi) is 6.24. The second-order valence-corrected chi connectivity index (χ2v) is 7.52. The summed E-state index contributed by atoms with van der Waals surface area (Å²) in [6.45, 7) is 6.20. The molecule has 0 spiro atoms. The largest absolute Gasteiger partial charge is 0.379 e. The Bertz CT molecular complexity index is 758. The van der Waals surface area contributed by atoms with Crippen LogP contribution in [0.2, 0.25) is 0 Å². The second-order valence-electron chi connectivity index (χ2n) is 7.52. The number of benzene rings is 1. The molecule has 1 aromatic carbocycles. The van der Waals surface area contributed by atoms with E-state index in [0.29, 0.717) is 19.5 Å². The molecule has 0 radical (unpaired) electrons. The number of nitrogens with one attached hydrogen (secondary N) is 1. The average molecular weight is 367 g/mol. The van der Waals surface area contributed by atoms with E-state index >= 15 is 0 Å². The van der Waals surface area contributed by atoms with Crippen LogP contribution in [0, 0.1) is 13.8 Å². The number of hydrogen-bond acceptors (Lipinski definition) is 4. The summed E-state index contributed by atoms with van der Waals surface area (Å²) >= 11 is 0. The minimum Gasteiger partial charge on any atom is -0.379 e. The molecule has 0 aliphatic carbocycles. The van der Waals surface area contributed by atoms with E-state index < -0.39 is 5.60 Å². The molecule has 1 saturated heterocycles. The van der Waals surface area contributed by atoms with Crippen molar-refractivity contribution < 1.29 is 9.90 Å². The number of amides is 1. The fraction of sp³-hybridized carbons (Fsp3) is 0.455. The zero-order valence-corrected chi connectivity index (χ0v) is 16.2. The van der Waals surface area contributed by atoms with Crippen molar-refractivity contribution in [1.82, 2.24) is 15.2 Å². The first kappa shape index (κ1) is 19.5. The maximum Gasteiger partial charge on any atom is 0.255 e. The number of piperidine rings is 1. The van der Waals surface area contributed by atoms with E-state index in [2.05, 4.69) is 22.4 Å². The first-order valence-corrected chi connectivity index (χ1v) is 9.67. The van der Waals surface area contributed by atoms with Gasteiger partial charge in [0.15, 0.2) is 5.60 Å². The number of likely N-dealkylation sites (tertiary alicyclic amines) is 1. The number of aliphatic hydroxyl groups is 1. The van der Waals surface area contributed by atoms with Crippen LogP contribution in [0.15, 0.2) is 42.5 Å². The van der Waals surface area contributed by atoms with E-state index in [9.17, 15) is 9.90 Å². The van der Waals surface area contributed by atoms with Gasteiger partial charge in [0.25, 0.3) is 5.91 Å². The monoisotopic (exact) mass is 367 g/mol. The zero-order chi connectivity index (χ0) is 19.3. The summed E-state index contributed by atoms with van der Waals surface area (Å²) in [7, 11) is 0. The molecule has 27 heavy (non-hydrogen) atoms. The van der Waals surface area contributed by atoms with Crippen LogP contribution in [-0.4, -0.2) is 46.1 Å². The Morgan fingerprint density at radius 2 is 1.85 bits per heavy atom. The normalized spacial score (nSPS) is 20.1. The Morgan fingerprint density at radius 1 is 1.15 bits per heavy atom. The van der Waals surface area contributed by atoms with Crippen LogP contribution < -0.4 is 5.32 Å². The fourth-order valence-corrected chi connectivity index (χ4v) is 3.79. The van der Waals surface area contributed by atoms with E-state index in [1.54, 1.807) is 4.90 Å². The van der Waals surface area contributed by atoms with Crippen molar-refractivity contribution in [2.75, 3.05) is 19.6 Å². The van der Waals surface area contributed by atoms with E-state index in [1.807, 2.05) is 44.2 Å². The molecule has 144 valence electrons. The van der Waals surface area contributed by atoms with Gasteiger partial charge in [0, 0.05) is 37.6 Å². The number of hydrogen-bond donors (Lipinski definition) is 2. The van der Waals surface area contributed by atoms with Crippen molar-refractivity contribution in [3.05, 3.63) is 65.0 Å². The second kappa shape index (κ2) is 8.63. The molecule has 2 N–H and O–H groups in total. The summed E-state index contributed by atoms with van der Waals surface area (Å²) in [5, 5.41) is 14.2. The van der Waals surface area contributed by atoms with Crippen molar-refractivity contribution in [3.8, 4) is 0 Å². The molecule has 5 nitrogen and oxygen atoms in total. The van der Waals surface area contributed by atoms with Gasteiger partial charge in [-0.05, 0) is 56.4 Å². The minimum atomic E-state index is -1.31. The highest BCUT2D eigenvalue weighted by Crippen LogP contribution is 2.22. The zero-order valence-electron chi connectivity index (χ0n) is 16.2. The molecule has 1 amide bonds. The van der Waals surface area contributed by atoms with Crippen LogP contribution in [0.25, 0.3) is 0 Å². The van der Waals surface area contributed by atoms with Crippen LogP contribution in [0.1, 0.15) is 35.4 Å². The molecule has 5 heteroatoms. The van der Waals surface area contributed by atoms with Gasteiger partial charge in [0.1, 0.15) is 0 Å². The molecule has 1 atom stereocenters. The minimum absolute atomic E-state index is 0.153. The number of nitrogens with zero attached hydrogens (tertiary/aromatic N) is 2. The molecule has 0 bridgehead atoms. The number of carbonyl (C=O) groups excluding carboxylic acids is 1. The summed E-state index contributed by atoms with van der Waals surface area (Å²) < 4.78 is 0. The highest BCUT2D eigenvalue weighted by Gasteiger charge is 2.41. The van der Waals surface area contributed by atoms with Gasteiger partial charge in [-0.2, -0.15) is 0 Å². The SMILES string of the molecule is Cc1cc(CNCC2(O)CCCN(CCc3ccccc3)C2=O)cc(C)n1. The average Bonchev–Trinajstić information content (AvgIpc) is 2.63. The lowest BCUT2D eigenvalue weighted by atomic mass is 9.91. The first-order chi connectivity index (χ1) is 13.0. The number of carbonyl (C=O) groups is 1. The smallest absolute Gasteiger partial charge is 0.255 e. The molecule has 1 aliphatic rings. The van der Waals surface area contributed by atoms with Crippen LogP contribution >= 0.6 is 0 Å². The lowest BCUT2D eigenvalue weighted by Crippen LogP contribution is -2.58. The topological polar surface area (TPSA) is 65.5 Å². The van der Waals surface area contributed by atoms with Gasteiger partial charge >= 0.3 is 0 Å². The Labute approximate surface area is 161 Å². The van der Waals surface area contributed by atoms with E-state index in [1.165, 1.54) is 5.56 Å². The summed E-state index contributed by atoms with van der Waals surface area (Å²) in [6, 6.07) is 14.2. The van der Waals surface area contributed by atoms with Gasteiger partial charge < -0.3 is 15.3 Å². The standard InChI is InChI=1S/C22H29N3O2/c1-17-13-20(14-18(2)24-17)15-23-16-22(27)10-6-11-25(21(22)26)12-9-19-7-4-3-5-8-19/h3-5,7-8,13-14,23,27H,6,9-12,15-16H2,1-2H3. The lowest BCUT2D eigenvalue weighted by Gasteiger charge is -2.38. The molecule has 1 unspecified atom stereocenters. The maximum atomic E-state index is 12.8. The molecule has 1 fully saturated rings.